The predicted molar refractivity (Wildman–Crippen MR) is 47.1 cm³/mol. The third kappa shape index (κ3) is 2.46. The number of halogens is 2. The summed E-state index contributed by atoms with van der Waals surface area (Å²) in [6.45, 7) is 0.371. The lowest BCUT2D eigenvalue weighted by molar-refractivity contribution is 0.566. The van der Waals surface area contributed by atoms with Crippen LogP contribution in [0.25, 0.3) is 0 Å². The molecular formula is C8H9F2NS. The van der Waals surface area contributed by atoms with Gasteiger partial charge in [-0.25, -0.2) is 8.78 Å². The van der Waals surface area contributed by atoms with Crippen molar-refractivity contribution in [3.8, 4) is 0 Å². The van der Waals surface area contributed by atoms with Crippen LogP contribution in [-0.2, 0) is 6.54 Å². The Morgan fingerprint density at radius 1 is 1.33 bits per heavy atom. The Morgan fingerprint density at radius 2 is 2.08 bits per heavy atom. The van der Waals surface area contributed by atoms with Crippen molar-refractivity contribution in [3.05, 3.63) is 35.4 Å². The molecule has 0 fully saturated rings. The molecule has 0 saturated heterocycles. The summed E-state index contributed by atoms with van der Waals surface area (Å²) in [5, 5.41) is 2.83. The maximum atomic E-state index is 12.9. The molecule has 1 nitrogen and oxygen atoms in total. The van der Waals surface area contributed by atoms with Gasteiger partial charge in [0.1, 0.15) is 11.6 Å². The summed E-state index contributed by atoms with van der Waals surface area (Å²) in [7, 11) is 0. The van der Waals surface area contributed by atoms with Gasteiger partial charge >= 0.3 is 0 Å². The lowest BCUT2D eigenvalue weighted by atomic mass is 10.2. The van der Waals surface area contributed by atoms with E-state index in [0.717, 1.165) is 6.07 Å². The summed E-state index contributed by atoms with van der Waals surface area (Å²) in [6.07, 6.45) is 0. The zero-order chi connectivity index (χ0) is 8.97. The van der Waals surface area contributed by atoms with Crippen molar-refractivity contribution in [2.75, 3.05) is 5.88 Å². The Hall–Kier alpha value is -0.610. The Kier molecular flexibility index (Phi) is 3.49. The van der Waals surface area contributed by atoms with Crippen LogP contribution in [0.1, 0.15) is 5.56 Å². The second kappa shape index (κ2) is 4.42. The van der Waals surface area contributed by atoms with Gasteiger partial charge in [0.2, 0.25) is 0 Å². The summed E-state index contributed by atoms with van der Waals surface area (Å²) in [6, 6.07) is 3.52. The summed E-state index contributed by atoms with van der Waals surface area (Å²) in [5.74, 6) is -0.608. The second-order valence-corrected chi connectivity index (χ2v) is 2.64. The first-order chi connectivity index (χ1) is 5.74. The van der Waals surface area contributed by atoms with Gasteiger partial charge in [-0.15, -0.1) is 0 Å². The van der Waals surface area contributed by atoms with E-state index in [2.05, 4.69) is 17.9 Å². The van der Waals surface area contributed by atoms with Crippen LogP contribution in [0.15, 0.2) is 18.2 Å². The number of hydrogen-bond acceptors (Lipinski definition) is 2. The second-order valence-electron chi connectivity index (χ2n) is 2.32. The van der Waals surface area contributed by atoms with Gasteiger partial charge in [-0.1, -0.05) is 6.07 Å². The van der Waals surface area contributed by atoms with Crippen LogP contribution in [0.4, 0.5) is 8.78 Å². The van der Waals surface area contributed by atoms with E-state index in [0.29, 0.717) is 18.0 Å². The summed E-state index contributed by atoms with van der Waals surface area (Å²) >= 11 is 3.90. The molecule has 1 N–H and O–H groups in total. The predicted octanol–water partition coefficient (Wildman–Crippen LogP) is 1.94. The van der Waals surface area contributed by atoms with E-state index in [4.69, 9.17) is 0 Å². The summed E-state index contributed by atoms with van der Waals surface area (Å²) in [5.41, 5.74) is 0.449. The molecule has 0 aromatic heterocycles. The number of nitrogens with one attached hydrogen (secondary N) is 1. The van der Waals surface area contributed by atoms with Gasteiger partial charge in [-0.2, -0.15) is 12.6 Å². The largest absolute Gasteiger partial charge is 0.304 e. The fourth-order valence-electron chi connectivity index (χ4n) is 0.856. The highest BCUT2D eigenvalue weighted by Gasteiger charge is 2.01. The van der Waals surface area contributed by atoms with E-state index in [1.165, 1.54) is 12.1 Å². The molecule has 66 valence electrons. The summed E-state index contributed by atoms with van der Waals surface area (Å²) in [4.78, 5) is 0. The first kappa shape index (κ1) is 9.48. The van der Waals surface area contributed by atoms with E-state index in [1.54, 1.807) is 0 Å². The monoisotopic (exact) mass is 189 g/mol. The van der Waals surface area contributed by atoms with Crippen LogP contribution in [0, 0.1) is 11.6 Å². The molecule has 0 spiro atoms. The molecule has 0 amide bonds. The zero-order valence-electron chi connectivity index (χ0n) is 6.35. The molecule has 1 aromatic carbocycles. The lowest BCUT2D eigenvalue weighted by Crippen LogP contribution is -2.11. The van der Waals surface area contributed by atoms with Crippen molar-refractivity contribution in [3.63, 3.8) is 0 Å². The minimum atomic E-state index is -0.554. The van der Waals surface area contributed by atoms with Crippen LogP contribution in [-0.4, -0.2) is 5.88 Å². The Labute approximate surface area is 75.2 Å². The standard InChI is InChI=1S/C8H9F2NS/c9-7-2-1-6(4-11-5-12)8(10)3-7/h1-3,11-12H,4-5H2. The smallest absolute Gasteiger partial charge is 0.130 e. The number of thiol groups is 1. The van der Waals surface area contributed by atoms with Gasteiger partial charge in [0.05, 0.1) is 0 Å². The molecular weight excluding hydrogens is 180 g/mol. The first-order valence-electron chi connectivity index (χ1n) is 3.49. The van der Waals surface area contributed by atoms with E-state index >= 15 is 0 Å². The Balaban J connectivity index is 2.72. The van der Waals surface area contributed by atoms with E-state index in [1.807, 2.05) is 0 Å². The van der Waals surface area contributed by atoms with Crippen LogP contribution < -0.4 is 5.32 Å². The molecule has 0 heterocycles. The third-order valence-electron chi connectivity index (χ3n) is 1.44. The van der Waals surface area contributed by atoms with Crippen molar-refractivity contribution < 1.29 is 8.78 Å². The van der Waals surface area contributed by atoms with Gasteiger partial charge in [-0.05, 0) is 6.07 Å². The maximum Gasteiger partial charge on any atom is 0.130 e. The minimum absolute atomic E-state index is 0.371. The molecule has 0 saturated carbocycles. The number of rotatable bonds is 3. The molecule has 0 aliphatic carbocycles. The van der Waals surface area contributed by atoms with Crippen molar-refractivity contribution in [2.24, 2.45) is 0 Å². The van der Waals surface area contributed by atoms with Crippen molar-refractivity contribution >= 4 is 12.6 Å². The van der Waals surface area contributed by atoms with Gasteiger partial charge in [0, 0.05) is 24.1 Å². The molecule has 0 bridgehead atoms. The molecule has 0 unspecified atom stereocenters. The molecule has 0 radical (unpaired) electrons. The quantitative estimate of drug-likeness (QED) is 0.547. The van der Waals surface area contributed by atoms with Crippen molar-refractivity contribution in [1.82, 2.24) is 5.32 Å². The van der Waals surface area contributed by atoms with Crippen LogP contribution >= 0.6 is 12.6 Å². The Morgan fingerprint density at radius 3 is 2.67 bits per heavy atom. The average Bonchev–Trinajstić information content (AvgIpc) is 2.03. The SMILES string of the molecule is Fc1ccc(CNCS)c(F)c1. The molecule has 0 aliphatic rings. The first-order valence-corrected chi connectivity index (χ1v) is 4.13. The zero-order valence-corrected chi connectivity index (χ0v) is 7.24. The minimum Gasteiger partial charge on any atom is -0.304 e. The normalized spacial score (nSPS) is 10.2. The molecule has 1 rings (SSSR count). The van der Waals surface area contributed by atoms with Gasteiger partial charge < -0.3 is 5.32 Å². The maximum absolute atomic E-state index is 12.9. The van der Waals surface area contributed by atoms with E-state index in [9.17, 15) is 8.78 Å². The van der Waals surface area contributed by atoms with E-state index < -0.39 is 11.6 Å². The van der Waals surface area contributed by atoms with E-state index in [-0.39, 0.29) is 0 Å². The lowest BCUT2D eigenvalue weighted by Gasteiger charge is -2.02. The van der Waals surface area contributed by atoms with Crippen LogP contribution in [0.2, 0.25) is 0 Å². The topological polar surface area (TPSA) is 12.0 Å². The molecule has 12 heavy (non-hydrogen) atoms. The van der Waals surface area contributed by atoms with Crippen LogP contribution in [0.3, 0.4) is 0 Å². The van der Waals surface area contributed by atoms with Gasteiger partial charge in [-0.3, -0.25) is 0 Å². The highest BCUT2D eigenvalue weighted by molar-refractivity contribution is 7.80. The molecule has 0 atom stereocenters. The fourth-order valence-corrected chi connectivity index (χ4v) is 0.967. The third-order valence-corrected chi connectivity index (χ3v) is 1.67. The average molecular weight is 189 g/mol. The highest BCUT2D eigenvalue weighted by atomic mass is 32.1. The fraction of sp³-hybridized carbons (Fsp3) is 0.250. The van der Waals surface area contributed by atoms with Gasteiger partial charge in [0.15, 0.2) is 0 Å². The van der Waals surface area contributed by atoms with Crippen LogP contribution in [0.5, 0.6) is 0 Å². The van der Waals surface area contributed by atoms with Gasteiger partial charge in [0.25, 0.3) is 0 Å². The van der Waals surface area contributed by atoms with Crippen molar-refractivity contribution in [2.45, 2.75) is 6.54 Å². The molecule has 4 heteroatoms. The highest BCUT2D eigenvalue weighted by Crippen LogP contribution is 2.08. The van der Waals surface area contributed by atoms with Crippen molar-refractivity contribution in [1.29, 1.82) is 0 Å². The Bertz CT molecular complexity index is 265. The number of benzene rings is 1. The molecule has 0 aliphatic heterocycles. The molecule has 1 aromatic rings. The number of hydrogen-bond donors (Lipinski definition) is 2. The summed E-state index contributed by atoms with van der Waals surface area (Å²) < 4.78 is 25.3.